The third kappa shape index (κ3) is 3.00. The van der Waals surface area contributed by atoms with Crippen LogP contribution in [0.25, 0.3) is 17.3 Å². The normalized spacial score (nSPS) is 10.7. The highest BCUT2D eigenvalue weighted by Crippen LogP contribution is 2.24. The number of nitrogens with zero attached hydrogens (tertiary/aromatic N) is 1. The summed E-state index contributed by atoms with van der Waals surface area (Å²) in [6, 6.07) is 6.15. The number of H-pyrrole nitrogens is 1. The zero-order valence-corrected chi connectivity index (χ0v) is 11.0. The molecule has 2 N–H and O–H groups in total. The second kappa shape index (κ2) is 5.97. The molecule has 0 saturated heterocycles. The van der Waals surface area contributed by atoms with Gasteiger partial charge < -0.3 is 5.32 Å². The highest BCUT2D eigenvalue weighted by molar-refractivity contribution is 5.68. The van der Waals surface area contributed by atoms with Gasteiger partial charge in [-0.15, -0.1) is 0 Å². The Labute approximate surface area is 116 Å². The van der Waals surface area contributed by atoms with E-state index in [9.17, 15) is 9.18 Å². The van der Waals surface area contributed by atoms with E-state index in [-0.39, 0.29) is 5.82 Å². The summed E-state index contributed by atoms with van der Waals surface area (Å²) in [5, 5.41) is 9.56. The molecule has 102 valence electrons. The standard InChI is InChI=1S/C15H14FN3O/c1-10(17-9-20)3-8-14-11(2)15(19-18-14)12-4-6-13(16)7-5-12/h3-9H,1H2,2H3,(H,17,20)(H,18,19)/b8-3-. The summed E-state index contributed by atoms with van der Waals surface area (Å²) in [6.07, 6.45) is 4.01. The Hall–Kier alpha value is -2.69. The molecule has 2 aromatic rings. The van der Waals surface area contributed by atoms with E-state index >= 15 is 0 Å². The van der Waals surface area contributed by atoms with Crippen molar-refractivity contribution in [1.82, 2.24) is 15.5 Å². The summed E-state index contributed by atoms with van der Waals surface area (Å²) >= 11 is 0. The van der Waals surface area contributed by atoms with Crippen LogP contribution in [-0.4, -0.2) is 16.6 Å². The number of carbonyl (C=O) groups is 1. The summed E-state index contributed by atoms with van der Waals surface area (Å²) < 4.78 is 12.9. The molecule has 20 heavy (non-hydrogen) atoms. The van der Waals surface area contributed by atoms with Gasteiger partial charge in [0.25, 0.3) is 0 Å². The number of amides is 1. The average molecular weight is 271 g/mol. The van der Waals surface area contributed by atoms with Crippen LogP contribution in [0.5, 0.6) is 0 Å². The zero-order valence-electron chi connectivity index (χ0n) is 11.0. The van der Waals surface area contributed by atoms with Crippen molar-refractivity contribution in [2.45, 2.75) is 6.92 Å². The van der Waals surface area contributed by atoms with Crippen LogP contribution in [0.3, 0.4) is 0 Å². The lowest BCUT2D eigenvalue weighted by Gasteiger charge is -1.99. The van der Waals surface area contributed by atoms with Crippen LogP contribution in [0.2, 0.25) is 0 Å². The molecule has 0 atom stereocenters. The Morgan fingerprint density at radius 3 is 2.75 bits per heavy atom. The summed E-state index contributed by atoms with van der Waals surface area (Å²) in [4.78, 5) is 10.3. The van der Waals surface area contributed by atoms with Gasteiger partial charge >= 0.3 is 0 Å². The van der Waals surface area contributed by atoms with E-state index in [0.717, 1.165) is 22.5 Å². The third-order valence-corrected chi connectivity index (χ3v) is 2.86. The van der Waals surface area contributed by atoms with Crippen LogP contribution in [-0.2, 0) is 4.79 Å². The van der Waals surface area contributed by atoms with Crippen molar-refractivity contribution in [2.24, 2.45) is 0 Å². The largest absolute Gasteiger partial charge is 0.329 e. The minimum atomic E-state index is -0.279. The number of allylic oxidation sites excluding steroid dienone is 1. The van der Waals surface area contributed by atoms with E-state index in [1.165, 1.54) is 12.1 Å². The Balaban J connectivity index is 2.25. The Morgan fingerprint density at radius 2 is 2.10 bits per heavy atom. The lowest BCUT2D eigenvalue weighted by atomic mass is 10.1. The van der Waals surface area contributed by atoms with E-state index in [1.54, 1.807) is 24.3 Å². The van der Waals surface area contributed by atoms with Gasteiger partial charge in [0, 0.05) is 16.8 Å². The van der Waals surface area contributed by atoms with Crippen molar-refractivity contribution in [3.63, 3.8) is 0 Å². The molecular formula is C15H14FN3O. The zero-order chi connectivity index (χ0) is 14.5. The molecule has 0 aliphatic heterocycles. The van der Waals surface area contributed by atoms with Crippen LogP contribution >= 0.6 is 0 Å². The maximum Gasteiger partial charge on any atom is 0.211 e. The molecule has 5 heteroatoms. The minimum Gasteiger partial charge on any atom is -0.329 e. The average Bonchev–Trinajstić information content (AvgIpc) is 2.79. The maximum atomic E-state index is 12.9. The molecule has 1 heterocycles. The second-order valence-electron chi connectivity index (χ2n) is 4.24. The van der Waals surface area contributed by atoms with Gasteiger partial charge in [0.05, 0.1) is 11.4 Å². The highest BCUT2D eigenvalue weighted by Gasteiger charge is 2.09. The monoisotopic (exact) mass is 271 g/mol. The van der Waals surface area contributed by atoms with E-state index in [4.69, 9.17) is 0 Å². The lowest BCUT2D eigenvalue weighted by Crippen LogP contribution is -2.06. The fourth-order valence-electron chi connectivity index (χ4n) is 1.77. The minimum absolute atomic E-state index is 0.279. The number of halogens is 1. The number of carbonyl (C=O) groups excluding carboxylic acids is 1. The first-order valence-electron chi connectivity index (χ1n) is 6.00. The van der Waals surface area contributed by atoms with Crippen LogP contribution in [0, 0.1) is 12.7 Å². The lowest BCUT2D eigenvalue weighted by molar-refractivity contribution is -0.108. The molecule has 0 bridgehead atoms. The fraction of sp³-hybridized carbons (Fsp3) is 0.0667. The van der Waals surface area contributed by atoms with E-state index < -0.39 is 0 Å². The molecule has 1 aromatic heterocycles. The third-order valence-electron chi connectivity index (χ3n) is 2.86. The van der Waals surface area contributed by atoms with Crippen molar-refractivity contribution < 1.29 is 9.18 Å². The summed E-state index contributed by atoms with van der Waals surface area (Å²) in [6.45, 7) is 5.57. The SMILES string of the molecule is C=C(/C=C\c1[nH]nc(-c2ccc(F)cc2)c1C)NC=O. The maximum absolute atomic E-state index is 12.9. The predicted molar refractivity (Wildman–Crippen MR) is 76.1 cm³/mol. The Morgan fingerprint density at radius 1 is 1.40 bits per heavy atom. The number of aromatic amines is 1. The highest BCUT2D eigenvalue weighted by atomic mass is 19.1. The molecule has 4 nitrogen and oxygen atoms in total. The van der Waals surface area contributed by atoms with Gasteiger partial charge in [-0.25, -0.2) is 4.39 Å². The van der Waals surface area contributed by atoms with E-state index in [0.29, 0.717) is 12.1 Å². The number of rotatable bonds is 5. The molecule has 0 aliphatic rings. The van der Waals surface area contributed by atoms with Crippen molar-refractivity contribution >= 4 is 12.5 Å². The van der Waals surface area contributed by atoms with Gasteiger partial charge in [-0.2, -0.15) is 5.10 Å². The van der Waals surface area contributed by atoms with Crippen molar-refractivity contribution in [3.05, 3.63) is 59.7 Å². The first-order chi connectivity index (χ1) is 9.61. The van der Waals surface area contributed by atoms with Gasteiger partial charge in [0.1, 0.15) is 5.82 Å². The molecule has 0 aliphatic carbocycles. The van der Waals surface area contributed by atoms with Crippen LogP contribution in [0.15, 0.2) is 42.6 Å². The second-order valence-corrected chi connectivity index (χ2v) is 4.24. The molecular weight excluding hydrogens is 257 g/mol. The van der Waals surface area contributed by atoms with E-state index in [2.05, 4.69) is 22.1 Å². The van der Waals surface area contributed by atoms with Crippen LogP contribution < -0.4 is 5.32 Å². The van der Waals surface area contributed by atoms with Crippen LogP contribution in [0.4, 0.5) is 4.39 Å². The molecule has 2 rings (SSSR count). The first-order valence-corrected chi connectivity index (χ1v) is 6.00. The van der Waals surface area contributed by atoms with Crippen molar-refractivity contribution in [1.29, 1.82) is 0 Å². The van der Waals surface area contributed by atoms with Gasteiger partial charge in [0.15, 0.2) is 0 Å². The molecule has 0 spiro atoms. The van der Waals surface area contributed by atoms with Crippen LogP contribution in [0.1, 0.15) is 11.3 Å². The van der Waals surface area contributed by atoms with Crippen molar-refractivity contribution in [2.75, 3.05) is 0 Å². The van der Waals surface area contributed by atoms with Crippen molar-refractivity contribution in [3.8, 4) is 11.3 Å². The summed E-state index contributed by atoms with van der Waals surface area (Å²) in [7, 11) is 0. The molecule has 0 unspecified atom stereocenters. The van der Waals surface area contributed by atoms with E-state index in [1.807, 2.05) is 6.92 Å². The van der Waals surface area contributed by atoms with Gasteiger partial charge in [-0.3, -0.25) is 9.89 Å². The fourth-order valence-corrected chi connectivity index (χ4v) is 1.77. The first kappa shape index (κ1) is 13.7. The number of nitrogens with one attached hydrogen (secondary N) is 2. The number of benzene rings is 1. The number of hydrogen-bond donors (Lipinski definition) is 2. The number of hydrogen-bond acceptors (Lipinski definition) is 2. The van der Waals surface area contributed by atoms with Gasteiger partial charge in [-0.05, 0) is 43.3 Å². The smallest absolute Gasteiger partial charge is 0.211 e. The summed E-state index contributed by atoms with van der Waals surface area (Å²) in [5.41, 5.74) is 3.82. The molecule has 0 saturated carbocycles. The Kier molecular flexibility index (Phi) is 4.10. The number of aromatic nitrogens is 2. The van der Waals surface area contributed by atoms with Gasteiger partial charge in [-0.1, -0.05) is 6.58 Å². The quantitative estimate of drug-likeness (QED) is 0.649. The molecule has 1 aromatic carbocycles. The predicted octanol–water partition coefficient (Wildman–Crippen LogP) is 2.80. The summed E-state index contributed by atoms with van der Waals surface area (Å²) in [5.74, 6) is -0.279. The topological polar surface area (TPSA) is 57.8 Å². The molecule has 0 fully saturated rings. The molecule has 1 amide bonds. The van der Waals surface area contributed by atoms with Gasteiger partial charge in [0.2, 0.25) is 6.41 Å². The Bertz CT molecular complexity index is 656. The molecule has 0 radical (unpaired) electrons.